The van der Waals surface area contributed by atoms with Crippen LogP contribution in [0.5, 0.6) is 0 Å². The highest BCUT2D eigenvalue weighted by Crippen LogP contribution is 2.28. The molecule has 0 unspecified atom stereocenters. The lowest BCUT2D eigenvalue weighted by Gasteiger charge is -2.21. The second-order valence-corrected chi connectivity index (χ2v) is 5.07. The van der Waals surface area contributed by atoms with E-state index in [0.29, 0.717) is 12.1 Å². The molecule has 6 nitrogen and oxygen atoms in total. The Hall–Kier alpha value is -2.59. The van der Waals surface area contributed by atoms with Crippen LogP contribution in [-0.2, 0) is 6.54 Å². The molecule has 0 fully saturated rings. The third kappa shape index (κ3) is 4.48. The van der Waals surface area contributed by atoms with Gasteiger partial charge in [0.1, 0.15) is 12.2 Å². The summed E-state index contributed by atoms with van der Waals surface area (Å²) >= 11 is 0. The van der Waals surface area contributed by atoms with Crippen molar-refractivity contribution in [2.24, 2.45) is 0 Å². The van der Waals surface area contributed by atoms with E-state index in [1.165, 1.54) is 18.5 Å². The summed E-state index contributed by atoms with van der Waals surface area (Å²) in [5.74, 6) is -0.876. The van der Waals surface area contributed by atoms with Gasteiger partial charge in [-0.05, 0) is 12.5 Å². The van der Waals surface area contributed by atoms with Gasteiger partial charge in [0, 0.05) is 6.54 Å². The van der Waals surface area contributed by atoms with Crippen molar-refractivity contribution in [2.75, 3.05) is 11.4 Å². The highest BCUT2D eigenvalue weighted by molar-refractivity contribution is 6.06. The average Bonchev–Trinajstić information content (AvgIpc) is 2.94. The molecular weight excluding hydrogens is 349 g/mol. The van der Waals surface area contributed by atoms with Crippen molar-refractivity contribution in [1.82, 2.24) is 20.0 Å². The molecule has 0 bridgehead atoms. The third-order valence-corrected chi connectivity index (χ3v) is 3.22. The zero-order valence-electron chi connectivity index (χ0n) is 13.0. The molecule has 2 aromatic rings. The summed E-state index contributed by atoms with van der Waals surface area (Å²) in [6.07, 6.45) is -4.24. The minimum Gasteiger partial charge on any atom is -0.307 e. The van der Waals surface area contributed by atoms with Crippen molar-refractivity contribution < 1.29 is 26.7 Å². The summed E-state index contributed by atoms with van der Waals surface area (Å²) in [4.78, 5) is 13.8. The predicted octanol–water partition coefficient (Wildman–Crippen LogP) is 3.23. The summed E-state index contributed by atoms with van der Waals surface area (Å²) in [5.41, 5.74) is -1.35. The van der Waals surface area contributed by atoms with E-state index >= 15 is 0 Å². The summed E-state index contributed by atoms with van der Waals surface area (Å²) < 4.78 is 64.2. The van der Waals surface area contributed by atoms with Gasteiger partial charge >= 0.3 is 6.18 Å². The van der Waals surface area contributed by atoms with Gasteiger partial charge in [-0.3, -0.25) is 9.48 Å². The second-order valence-electron chi connectivity index (χ2n) is 5.07. The molecule has 0 atom stereocenters. The molecule has 25 heavy (non-hydrogen) atoms. The lowest BCUT2D eigenvalue weighted by atomic mass is 10.2. The highest BCUT2D eigenvalue weighted by atomic mass is 19.4. The van der Waals surface area contributed by atoms with Crippen LogP contribution in [0.15, 0.2) is 24.7 Å². The third-order valence-electron chi connectivity index (χ3n) is 3.22. The van der Waals surface area contributed by atoms with Crippen molar-refractivity contribution in [2.45, 2.75) is 32.5 Å². The number of hydrogen-bond donors (Lipinski definition) is 0. The van der Waals surface area contributed by atoms with E-state index in [1.807, 2.05) is 0 Å². The minimum atomic E-state index is -4.74. The van der Waals surface area contributed by atoms with Crippen LogP contribution in [0.25, 0.3) is 0 Å². The maximum Gasteiger partial charge on any atom is 0.408 e. The normalized spacial score (nSPS) is 11.8. The predicted molar refractivity (Wildman–Crippen MR) is 77.2 cm³/mol. The SMILES string of the molecule is CCCN(C(=O)c1cnn(CC(F)(F)F)c1C(F)F)c1ccnnc1. The van der Waals surface area contributed by atoms with Crippen LogP contribution in [0.4, 0.5) is 27.6 Å². The molecule has 0 spiro atoms. The number of rotatable bonds is 6. The summed E-state index contributed by atoms with van der Waals surface area (Å²) in [6, 6.07) is 1.45. The second kappa shape index (κ2) is 7.53. The molecule has 0 aliphatic heterocycles. The van der Waals surface area contributed by atoms with E-state index in [-0.39, 0.29) is 11.2 Å². The molecule has 136 valence electrons. The first kappa shape index (κ1) is 18.7. The fraction of sp³-hybridized carbons (Fsp3) is 0.429. The molecule has 2 aromatic heterocycles. The van der Waals surface area contributed by atoms with Crippen molar-refractivity contribution >= 4 is 11.6 Å². The fourth-order valence-corrected chi connectivity index (χ4v) is 2.25. The zero-order chi connectivity index (χ0) is 18.6. The Balaban J connectivity index is 2.43. The quantitative estimate of drug-likeness (QED) is 0.740. The fourth-order valence-electron chi connectivity index (χ4n) is 2.25. The first-order valence-corrected chi connectivity index (χ1v) is 7.23. The Bertz CT molecular complexity index is 716. The Kier molecular flexibility index (Phi) is 5.65. The number of hydrogen-bond acceptors (Lipinski definition) is 4. The maximum absolute atomic E-state index is 13.3. The first-order valence-electron chi connectivity index (χ1n) is 7.23. The first-order chi connectivity index (χ1) is 11.7. The number of carbonyl (C=O) groups excluding carboxylic acids is 1. The van der Waals surface area contributed by atoms with Crippen molar-refractivity contribution in [3.8, 4) is 0 Å². The van der Waals surface area contributed by atoms with Crippen LogP contribution >= 0.6 is 0 Å². The van der Waals surface area contributed by atoms with Gasteiger partial charge in [-0.1, -0.05) is 6.92 Å². The highest BCUT2D eigenvalue weighted by Gasteiger charge is 2.34. The van der Waals surface area contributed by atoms with Crippen LogP contribution in [0.1, 0.15) is 35.8 Å². The van der Waals surface area contributed by atoms with E-state index in [1.54, 1.807) is 6.92 Å². The van der Waals surface area contributed by atoms with E-state index in [9.17, 15) is 26.7 Å². The van der Waals surface area contributed by atoms with Crippen LogP contribution in [0.2, 0.25) is 0 Å². The number of alkyl halides is 5. The molecule has 0 saturated carbocycles. The van der Waals surface area contributed by atoms with E-state index in [4.69, 9.17) is 0 Å². The number of aromatic nitrogens is 4. The molecule has 1 amide bonds. The Morgan fingerprint density at radius 1 is 1.28 bits per heavy atom. The number of nitrogens with zero attached hydrogens (tertiary/aromatic N) is 5. The van der Waals surface area contributed by atoms with Gasteiger partial charge in [0.2, 0.25) is 0 Å². The molecule has 2 rings (SSSR count). The van der Waals surface area contributed by atoms with Crippen LogP contribution in [0.3, 0.4) is 0 Å². The smallest absolute Gasteiger partial charge is 0.307 e. The molecule has 0 radical (unpaired) electrons. The standard InChI is InChI=1S/C14H14F5N5O/c1-2-5-23(9-3-4-20-21-6-9)13(25)10-7-22-24(8-14(17,18)19)11(10)12(15)16/h3-4,6-7,12H,2,5,8H2,1H3. The molecular formula is C14H14F5N5O. The number of halogens is 5. The monoisotopic (exact) mass is 363 g/mol. The van der Waals surface area contributed by atoms with Crippen LogP contribution in [-0.4, -0.2) is 38.6 Å². The molecule has 0 aliphatic rings. The Labute approximate surface area is 139 Å². The van der Waals surface area contributed by atoms with Crippen LogP contribution in [0, 0.1) is 0 Å². The van der Waals surface area contributed by atoms with Gasteiger partial charge in [-0.2, -0.15) is 28.5 Å². The molecule has 11 heteroatoms. The number of carbonyl (C=O) groups is 1. The molecule has 0 saturated heterocycles. The molecule has 2 heterocycles. The maximum atomic E-state index is 13.3. The Morgan fingerprint density at radius 3 is 2.52 bits per heavy atom. The topological polar surface area (TPSA) is 63.9 Å². The zero-order valence-corrected chi connectivity index (χ0v) is 13.0. The minimum absolute atomic E-state index is 0.104. The Morgan fingerprint density at radius 2 is 2.00 bits per heavy atom. The van der Waals surface area contributed by atoms with Crippen molar-refractivity contribution in [3.63, 3.8) is 0 Å². The lowest BCUT2D eigenvalue weighted by Crippen LogP contribution is -2.32. The van der Waals surface area contributed by atoms with Gasteiger partial charge in [0.25, 0.3) is 12.3 Å². The molecule has 0 N–H and O–H groups in total. The number of amides is 1. The van der Waals surface area contributed by atoms with Gasteiger partial charge in [-0.25, -0.2) is 8.78 Å². The van der Waals surface area contributed by atoms with Gasteiger partial charge < -0.3 is 4.90 Å². The van der Waals surface area contributed by atoms with Gasteiger partial charge in [0.05, 0.1) is 29.8 Å². The number of anilines is 1. The molecule has 0 aromatic carbocycles. The van der Waals surface area contributed by atoms with Crippen molar-refractivity contribution in [1.29, 1.82) is 0 Å². The van der Waals surface area contributed by atoms with E-state index in [0.717, 1.165) is 11.1 Å². The summed E-state index contributed by atoms with van der Waals surface area (Å²) in [6.45, 7) is 0.220. The summed E-state index contributed by atoms with van der Waals surface area (Å²) in [5, 5.41) is 10.5. The van der Waals surface area contributed by atoms with Gasteiger partial charge in [0.15, 0.2) is 0 Å². The largest absolute Gasteiger partial charge is 0.408 e. The van der Waals surface area contributed by atoms with E-state index < -0.39 is 36.3 Å². The van der Waals surface area contributed by atoms with E-state index in [2.05, 4.69) is 15.3 Å². The van der Waals surface area contributed by atoms with Gasteiger partial charge in [-0.15, -0.1) is 0 Å². The lowest BCUT2D eigenvalue weighted by molar-refractivity contribution is -0.143. The van der Waals surface area contributed by atoms with Crippen molar-refractivity contribution in [3.05, 3.63) is 35.9 Å². The molecule has 0 aliphatic carbocycles. The van der Waals surface area contributed by atoms with Crippen LogP contribution < -0.4 is 4.90 Å². The average molecular weight is 363 g/mol. The summed E-state index contributed by atoms with van der Waals surface area (Å²) in [7, 11) is 0.